The first kappa shape index (κ1) is 28.3. The van der Waals surface area contributed by atoms with E-state index in [0.29, 0.717) is 17.1 Å². The van der Waals surface area contributed by atoms with Crippen LogP contribution < -0.4 is 16.2 Å². The first-order chi connectivity index (χ1) is 17.7. The molecule has 0 atom stereocenters. The van der Waals surface area contributed by atoms with E-state index in [-0.39, 0.29) is 24.6 Å². The summed E-state index contributed by atoms with van der Waals surface area (Å²) in [6.45, 7) is 7.03. The lowest BCUT2D eigenvalue weighted by Gasteiger charge is -2.27. The molecule has 0 heterocycles. The van der Waals surface area contributed by atoms with Gasteiger partial charge >= 0.3 is 11.9 Å². The number of ether oxygens (including phenoxy) is 3. The van der Waals surface area contributed by atoms with Crippen LogP contribution in [0.2, 0.25) is 0 Å². The third-order valence-electron chi connectivity index (χ3n) is 6.75. The third kappa shape index (κ3) is 8.64. The van der Waals surface area contributed by atoms with Crippen molar-refractivity contribution in [3.8, 4) is 5.75 Å². The number of rotatable bonds is 11. The molecule has 37 heavy (non-hydrogen) atoms. The summed E-state index contributed by atoms with van der Waals surface area (Å²) >= 11 is 0. The van der Waals surface area contributed by atoms with Gasteiger partial charge in [-0.1, -0.05) is 45.4 Å². The molecule has 7 nitrogen and oxygen atoms in total. The summed E-state index contributed by atoms with van der Waals surface area (Å²) in [5.74, 6) is -0.239. The minimum absolute atomic E-state index is 0.0896. The van der Waals surface area contributed by atoms with Gasteiger partial charge in [0.2, 0.25) is 0 Å². The Hall–Kier alpha value is -3.32. The Balaban J connectivity index is 1.44. The number of anilines is 2. The highest BCUT2D eigenvalue weighted by atomic mass is 16.5. The van der Waals surface area contributed by atoms with Crippen LogP contribution in [-0.2, 0) is 24.5 Å². The number of hydrogen-bond acceptors (Lipinski definition) is 7. The van der Waals surface area contributed by atoms with Crippen LogP contribution in [0.4, 0.5) is 11.4 Å². The third-order valence-corrected chi connectivity index (χ3v) is 6.75. The smallest absolute Gasteiger partial charge is 0.330 e. The molecule has 200 valence electrons. The fraction of sp³-hybridized carbons (Fsp3) is 0.467. The molecule has 4 N–H and O–H groups in total. The van der Waals surface area contributed by atoms with Crippen molar-refractivity contribution in [1.82, 2.24) is 0 Å². The molecular weight excluding hydrogens is 468 g/mol. The second-order valence-electron chi connectivity index (χ2n) is 10.4. The monoisotopic (exact) mass is 508 g/mol. The van der Waals surface area contributed by atoms with Crippen LogP contribution in [0.1, 0.15) is 70.4 Å². The summed E-state index contributed by atoms with van der Waals surface area (Å²) in [6, 6.07) is 12.4. The molecule has 0 saturated heterocycles. The number of carbonyl (C=O) groups is 2. The maximum Gasteiger partial charge on any atom is 0.330 e. The summed E-state index contributed by atoms with van der Waals surface area (Å²) in [5, 5.41) is 0. The van der Waals surface area contributed by atoms with Crippen molar-refractivity contribution in [3.63, 3.8) is 0 Å². The van der Waals surface area contributed by atoms with Crippen LogP contribution in [-0.4, -0.2) is 31.3 Å². The summed E-state index contributed by atoms with van der Waals surface area (Å²) in [6.07, 6.45) is 8.88. The number of unbranched alkanes of at least 4 members (excludes halogenated alkanes) is 1. The highest BCUT2D eigenvalue weighted by molar-refractivity contribution is 5.87. The molecule has 2 aromatic carbocycles. The van der Waals surface area contributed by atoms with Gasteiger partial charge in [-0.3, -0.25) is 4.79 Å². The van der Waals surface area contributed by atoms with Gasteiger partial charge in [-0.15, -0.1) is 0 Å². The fourth-order valence-electron chi connectivity index (χ4n) is 4.45. The Labute approximate surface area is 220 Å². The molecule has 0 aliphatic heterocycles. The van der Waals surface area contributed by atoms with Crippen LogP contribution in [0.15, 0.2) is 48.5 Å². The fourth-order valence-corrected chi connectivity index (χ4v) is 4.45. The number of nitrogens with two attached hydrogens (primary N) is 2. The highest BCUT2D eigenvalue weighted by Gasteiger charge is 2.28. The van der Waals surface area contributed by atoms with Crippen LogP contribution in [0.5, 0.6) is 5.75 Å². The molecule has 2 aromatic rings. The molecule has 1 fully saturated rings. The normalized spacial score (nSPS) is 18.0. The summed E-state index contributed by atoms with van der Waals surface area (Å²) < 4.78 is 16.9. The van der Waals surface area contributed by atoms with Crippen molar-refractivity contribution < 1.29 is 23.8 Å². The molecule has 7 heteroatoms. The van der Waals surface area contributed by atoms with E-state index < -0.39 is 11.4 Å². The van der Waals surface area contributed by atoms with E-state index in [1.165, 1.54) is 6.08 Å². The molecule has 0 amide bonds. The van der Waals surface area contributed by atoms with Gasteiger partial charge in [-0.2, -0.15) is 0 Å². The van der Waals surface area contributed by atoms with Crippen LogP contribution in [0.25, 0.3) is 6.08 Å². The number of esters is 2. The summed E-state index contributed by atoms with van der Waals surface area (Å²) in [7, 11) is 0. The van der Waals surface area contributed by atoms with Gasteiger partial charge in [0, 0.05) is 29.5 Å². The quantitative estimate of drug-likeness (QED) is 0.132. The van der Waals surface area contributed by atoms with E-state index >= 15 is 0 Å². The Bertz CT molecular complexity index is 1070. The van der Waals surface area contributed by atoms with E-state index in [2.05, 4.69) is 6.92 Å². The Kier molecular flexibility index (Phi) is 10.1. The van der Waals surface area contributed by atoms with E-state index in [9.17, 15) is 9.59 Å². The standard InChI is InChI=1S/C30H40N2O5/c1-4-5-18-35-24-14-9-22(10-15-24)29(34)37-25-12-6-21(7-13-25)8-17-28(33)36-20-30(2,3)26-16-11-23(31)19-27(26)32/h6-8,11-13,16-17,19,22,24H,4-5,9-10,14-15,18,20,31-32H2,1-3H3. The molecule has 3 rings (SSSR count). The molecule has 0 spiro atoms. The molecule has 1 saturated carbocycles. The second kappa shape index (κ2) is 13.3. The van der Waals surface area contributed by atoms with Crippen molar-refractivity contribution in [2.75, 3.05) is 24.7 Å². The van der Waals surface area contributed by atoms with Crippen LogP contribution >= 0.6 is 0 Å². The molecule has 0 bridgehead atoms. The maximum atomic E-state index is 12.6. The second-order valence-corrected chi connectivity index (χ2v) is 10.4. The Morgan fingerprint density at radius 3 is 2.38 bits per heavy atom. The first-order valence-corrected chi connectivity index (χ1v) is 13.1. The van der Waals surface area contributed by atoms with Crippen LogP contribution in [0.3, 0.4) is 0 Å². The van der Waals surface area contributed by atoms with Crippen molar-refractivity contribution >= 4 is 29.4 Å². The average molecular weight is 509 g/mol. The van der Waals surface area contributed by atoms with E-state index in [1.807, 2.05) is 19.9 Å². The van der Waals surface area contributed by atoms with Crippen molar-refractivity contribution in [3.05, 3.63) is 59.7 Å². The van der Waals surface area contributed by atoms with Gasteiger partial charge < -0.3 is 25.7 Å². The van der Waals surface area contributed by atoms with Crippen LogP contribution in [0, 0.1) is 5.92 Å². The highest BCUT2D eigenvalue weighted by Crippen LogP contribution is 2.30. The van der Waals surface area contributed by atoms with Gasteiger partial charge in [0.25, 0.3) is 0 Å². The largest absolute Gasteiger partial charge is 0.462 e. The van der Waals surface area contributed by atoms with Gasteiger partial charge in [0.05, 0.1) is 12.0 Å². The van der Waals surface area contributed by atoms with Gasteiger partial charge in [-0.25, -0.2) is 4.79 Å². The first-order valence-electron chi connectivity index (χ1n) is 13.1. The summed E-state index contributed by atoms with van der Waals surface area (Å²) in [5.41, 5.74) is 14.2. The van der Waals surface area contributed by atoms with Crippen molar-refractivity contribution in [2.24, 2.45) is 5.92 Å². The van der Waals surface area contributed by atoms with Gasteiger partial charge in [-0.05, 0) is 73.6 Å². The van der Waals surface area contributed by atoms with Crippen molar-refractivity contribution in [1.29, 1.82) is 0 Å². The van der Waals surface area contributed by atoms with E-state index in [1.54, 1.807) is 42.5 Å². The molecule has 1 aliphatic carbocycles. The lowest BCUT2D eigenvalue weighted by Crippen LogP contribution is -2.29. The topological polar surface area (TPSA) is 114 Å². The molecule has 0 unspecified atom stereocenters. The van der Waals surface area contributed by atoms with Gasteiger partial charge in [0.15, 0.2) is 0 Å². The number of carbonyl (C=O) groups excluding carboxylic acids is 2. The maximum absolute atomic E-state index is 12.6. The Morgan fingerprint density at radius 1 is 1.03 bits per heavy atom. The zero-order valence-corrected chi connectivity index (χ0v) is 22.2. The zero-order valence-electron chi connectivity index (χ0n) is 22.2. The van der Waals surface area contributed by atoms with E-state index in [4.69, 9.17) is 25.7 Å². The predicted molar refractivity (Wildman–Crippen MR) is 147 cm³/mol. The minimum Gasteiger partial charge on any atom is -0.462 e. The number of hydrogen-bond donors (Lipinski definition) is 2. The zero-order chi connectivity index (χ0) is 26.8. The SMILES string of the molecule is CCCCOC1CCC(C(=O)Oc2ccc(C=CC(=O)OCC(C)(C)c3ccc(N)cc3N)cc2)CC1. The molecule has 1 aliphatic rings. The lowest BCUT2D eigenvalue weighted by atomic mass is 9.84. The minimum atomic E-state index is -0.464. The number of benzene rings is 2. The van der Waals surface area contributed by atoms with Crippen molar-refractivity contribution in [2.45, 2.75) is 70.8 Å². The molecule has 0 radical (unpaired) electrons. The molecular formula is C30H40N2O5. The molecule has 0 aromatic heterocycles. The van der Waals surface area contributed by atoms with E-state index in [0.717, 1.165) is 56.3 Å². The average Bonchev–Trinajstić information content (AvgIpc) is 2.87. The Morgan fingerprint density at radius 2 is 1.73 bits per heavy atom. The number of nitrogen functional groups attached to an aromatic ring is 2. The van der Waals surface area contributed by atoms with Gasteiger partial charge in [0.1, 0.15) is 12.4 Å². The summed E-state index contributed by atoms with van der Waals surface area (Å²) in [4.78, 5) is 24.9. The predicted octanol–water partition coefficient (Wildman–Crippen LogP) is 5.67. The lowest BCUT2D eigenvalue weighted by molar-refractivity contribution is -0.141.